The van der Waals surface area contributed by atoms with Crippen LogP contribution in [0.3, 0.4) is 0 Å². The number of benzene rings is 2. The van der Waals surface area contributed by atoms with E-state index in [1.54, 1.807) is 12.1 Å². The van der Waals surface area contributed by atoms with Crippen LogP contribution in [0.15, 0.2) is 66.7 Å². The van der Waals surface area contributed by atoms with Crippen LogP contribution in [0.4, 0.5) is 4.39 Å². The standard InChI is InChI=1S/C20H18FNO.C12H17ClN2/c21-17-7-5-16(6-8-17)19-13-20(11-12-22(19)14-23)10-9-15-3-1-2-4-18(15)20;1-2-3-11-10(4-5-12(13)15-11)9-6-7-14-8-9/h1-10,14,19H,11-13H2;4-5,9,14H,2-3,6-8H2,1H3. The number of carbonyl (C=O) groups is 1. The van der Waals surface area contributed by atoms with Gasteiger partial charge in [-0.05, 0) is 78.6 Å². The smallest absolute Gasteiger partial charge is 0.210 e. The number of likely N-dealkylation sites (tertiary alicyclic amines) is 1. The summed E-state index contributed by atoms with van der Waals surface area (Å²) in [7, 11) is 0. The quantitative estimate of drug-likeness (QED) is 0.289. The Morgan fingerprint density at radius 1 is 1.16 bits per heavy atom. The van der Waals surface area contributed by atoms with Gasteiger partial charge in [0.1, 0.15) is 11.0 Å². The zero-order valence-electron chi connectivity index (χ0n) is 21.9. The molecule has 6 heteroatoms. The second kappa shape index (κ2) is 11.8. The van der Waals surface area contributed by atoms with E-state index in [9.17, 15) is 9.18 Å². The minimum absolute atomic E-state index is 0.0161. The molecule has 4 nitrogen and oxygen atoms in total. The van der Waals surface area contributed by atoms with Crippen LogP contribution in [0.25, 0.3) is 6.08 Å². The van der Waals surface area contributed by atoms with E-state index < -0.39 is 0 Å². The maximum absolute atomic E-state index is 13.2. The van der Waals surface area contributed by atoms with Crippen LogP contribution in [-0.2, 0) is 16.6 Å². The van der Waals surface area contributed by atoms with E-state index in [1.165, 1.54) is 40.9 Å². The summed E-state index contributed by atoms with van der Waals surface area (Å²) in [6.07, 6.45) is 10.5. The molecule has 1 aromatic heterocycles. The van der Waals surface area contributed by atoms with Crippen molar-refractivity contribution in [1.82, 2.24) is 15.2 Å². The Hall–Kier alpha value is -3.02. The van der Waals surface area contributed by atoms with Gasteiger partial charge < -0.3 is 10.2 Å². The lowest BCUT2D eigenvalue weighted by atomic mass is 9.71. The van der Waals surface area contributed by atoms with Crippen molar-refractivity contribution in [3.8, 4) is 0 Å². The molecule has 0 saturated carbocycles. The molecule has 2 saturated heterocycles. The van der Waals surface area contributed by atoms with E-state index in [0.717, 1.165) is 50.7 Å². The van der Waals surface area contributed by atoms with Crippen LogP contribution in [0.5, 0.6) is 0 Å². The second-order valence-corrected chi connectivity index (χ2v) is 10.9. The summed E-state index contributed by atoms with van der Waals surface area (Å²) in [5.41, 5.74) is 6.18. The van der Waals surface area contributed by atoms with Gasteiger partial charge >= 0.3 is 0 Å². The molecule has 0 bridgehead atoms. The number of carbonyl (C=O) groups excluding carboxylic acids is 1. The normalized spacial score (nSPS) is 23.7. The number of aromatic nitrogens is 1. The molecule has 1 N–H and O–H groups in total. The average molecular weight is 532 g/mol. The number of rotatable bonds is 5. The van der Waals surface area contributed by atoms with Gasteiger partial charge in [0.25, 0.3) is 0 Å². The summed E-state index contributed by atoms with van der Waals surface area (Å²) in [6, 6.07) is 19.0. The van der Waals surface area contributed by atoms with Crippen molar-refractivity contribution in [2.24, 2.45) is 0 Å². The Morgan fingerprint density at radius 2 is 1.97 bits per heavy atom. The van der Waals surface area contributed by atoms with Crippen molar-refractivity contribution in [3.05, 3.63) is 106 Å². The van der Waals surface area contributed by atoms with E-state index in [4.69, 9.17) is 11.6 Å². The maximum Gasteiger partial charge on any atom is 0.210 e. The number of nitrogens with zero attached hydrogens (tertiary/aromatic N) is 2. The minimum Gasteiger partial charge on any atom is -0.338 e. The highest BCUT2D eigenvalue weighted by molar-refractivity contribution is 6.29. The monoisotopic (exact) mass is 531 g/mol. The number of amides is 1. The third-order valence-electron chi connectivity index (χ3n) is 8.21. The summed E-state index contributed by atoms with van der Waals surface area (Å²) in [4.78, 5) is 17.8. The van der Waals surface area contributed by atoms with Crippen molar-refractivity contribution in [3.63, 3.8) is 0 Å². The van der Waals surface area contributed by atoms with Crippen molar-refractivity contribution < 1.29 is 9.18 Å². The molecule has 1 aliphatic carbocycles. The predicted molar refractivity (Wildman–Crippen MR) is 152 cm³/mol. The number of fused-ring (bicyclic) bond motifs is 2. The predicted octanol–water partition coefficient (Wildman–Crippen LogP) is 6.85. The lowest BCUT2D eigenvalue weighted by Gasteiger charge is -2.43. The highest BCUT2D eigenvalue weighted by atomic mass is 35.5. The number of nitrogens with one attached hydrogen (secondary N) is 1. The Bertz CT molecular complexity index is 1290. The molecule has 1 amide bonds. The molecule has 2 aromatic carbocycles. The molecule has 6 rings (SSSR count). The Kier molecular flexibility index (Phi) is 8.25. The van der Waals surface area contributed by atoms with E-state index in [1.807, 2.05) is 11.0 Å². The molecule has 3 aliphatic rings. The van der Waals surface area contributed by atoms with Gasteiger partial charge in [0.2, 0.25) is 6.41 Å². The molecular weight excluding hydrogens is 497 g/mol. The molecule has 0 radical (unpaired) electrons. The molecular formula is C32H35ClFN3O. The first-order valence-electron chi connectivity index (χ1n) is 13.6. The van der Waals surface area contributed by atoms with Crippen LogP contribution >= 0.6 is 11.6 Å². The summed E-state index contributed by atoms with van der Waals surface area (Å²) >= 11 is 5.93. The van der Waals surface area contributed by atoms with E-state index in [-0.39, 0.29) is 17.3 Å². The fraction of sp³-hybridized carbons (Fsp3) is 0.375. The molecule has 3 heterocycles. The average Bonchev–Trinajstić information content (AvgIpc) is 3.59. The number of piperidine rings is 1. The Balaban J connectivity index is 0.000000170. The number of halogens is 2. The molecule has 2 aliphatic heterocycles. The highest BCUT2D eigenvalue weighted by Gasteiger charge is 2.42. The van der Waals surface area contributed by atoms with Crippen molar-refractivity contribution in [1.29, 1.82) is 0 Å². The summed E-state index contributed by atoms with van der Waals surface area (Å²) < 4.78 is 13.2. The van der Waals surface area contributed by atoms with E-state index in [2.05, 4.69) is 59.7 Å². The van der Waals surface area contributed by atoms with Crippen molar-refractivity contribution >= 4 is 24.1 Å². The molecule has 2 fully saturated rings. The lowest BCUT2D eigenvalue weighted by Crippen LogP contribution is -2.42. The molecule has 1 spiro atoms. The van der Waals surface area contributed by atoms with Gasteiger partial charge in [0.05, 0.1) is 6.04 Å². The zero-order valence-corrected chi connectivity index (χ0v) is 22.6. The first-order chi connectivity index (χ1) is 18.5. The molecule has 3 aromatic rings. The van der Waals surface area contributed by atoms with Gasteiger partial charge in [-0.25, -0.2) is 9.37 Å². The molecule has 198 valence electrons. The van der Waals surface area contributed by atoms with Gasteiger partial charge in [-0.1, -0.05) is 79.6 Å². The second-order valence-electron chi connectivity index (χ2n) is 10.6. The van der Waals surface area contributed by atoms with Crippen molar-refractivity contribution in [2.75, 3.05) is 19.6 Å². The van der Waals surface area contributed by atoms with Gasteiger partial charge in [0.15, 0.2) is 0 Å². The Labute approximate surface area is 229 Å². The number of hydrogen-bond donors (Lipinski definition) is 1. The van der Waals surface area contributed by atoms with Crippen LogP contribution in [0.2, 0.25) is 5.15 Å². The third-order valence-corrected chi connectivity index (χ3v) is 8.42. The van der Waals surface area contributed by atoms with Crippen molar-refractivity contribution in [2.45, 2.75) is 56.4 Å². The lowest BCUT2D eigenvalue weighted by molar-refractivity contribution is -0.122. The van der Waals surface area contributed by atoms with Gasteiger partial charge in [0, 0.05) is 24.2 Å². The Morgan fingerprint density at radius 3 is 2.71 bits per heavy atom. The number of pyridine rings is 1. The first-order valence-corrected chi connectivity index (χ1v) is 14.0. The van der Waals surface area contributed by atoms with Crippen LogP contribution in [-0.4, -0.2) is 35.9 Å². The fourth-order valence-electron chi connectivity index (χ4n) is 6.21. The summed E-state index contributed by atoms with van der Waals surface area (Å²) in [6.45, 7) is 5.10. The zero-order chi connectivity index (χ0) is 26.5. The SMILES string of the molecule is CCCc1nc(Cl)ccc1C1CCNC1.O=CN1CCC2(C=Cc3ccccc32)CC1c1ccc(F)cc1. The largest absolute Gasteiger partial charge is 0.338 e. The maximum atomic E-state index is 13.2. The molecule has 38 heavy (non-hydrogen) atoms. The summed E-state index contributed by atoms with van der Waals surface area (Å²) in [5, 5.41) is 4.01. The molecule has 3 atom stereocenters. The number of hydrogen-bond acceptors (Lipinski definition) is 3. The van der Waals surface area contributed by atoms with Gasteiger partial charge in [-0.15, -0.1) is 0 Å². The molecule has 3 unspecified atom stereocenters. The highest BCUT2D eigenvalue weighted by Crippen LogP contribution is 2.48. The van der Waals surface area contributed by atoms with Gasteiger partial charge in [-0.3, -0.25) is 4.79 Å². The van der Waals surface area contributed by atoms with Crippen LogP contribution < -0.4 is 5.32 Å². The van der Waals surface area contributed by atoms with E-state index >= 15 is 0 Å². The fourth-order valence-corrected chi connectivity index (χ4v) is 6.38. The number of allylic oxidation sites excluding steroid dienone is 1. The minimum atomic E-state index is -0.247. The van der Waals surface area contributed by atoms with Crippen LogP contribution in [0, 0.1) is 5.82 Å². The van der Waals surface area contributed by atoms with Crippen LogP contribution in [0.1, 0.15) is 72.5 Å². The number of aryl methyl sites for hydroxylation is 1. The van der Waals surface area contributed by atoms with Gasteiger partial charge in [-0.2, -0.15) is 0 Å². The van der Waals surface area contributed by atoms with E-state index in [0.29, 0.717) is 17.6 Å². The third kappa shape index (κ3) is 5.55. The summed E-state index contributed by atoms with van der Waals surface area (Å²) in [5.74, 6) is 0.388. The first kappa shape index (κ1) is 26.6. The topological polar surface area (TPSA) is 45.2 Å².